The van der Waals surface area contributed by atoms with Crippen molar-refractivity contribution < 1.29 is 4.84 Å². The molecule has 0 heterocycles. The van der Waals surface area contributed by atoms with Gasteiger partial charge in [-0.15, -0.1) is 0 Å². The van der Waals surface area contributed by atoms with Crippen molar-refractivity contribution in [2.45, 2.75) is 0 Å². The monoisotopic (exact) mass is 177 g/mol. The van der Waals surface area contributed by atoms with E-state index in [4.69, 9.17) is 15.8 Å². The third kappa shape index (κ3) is 1.89. The van der Waals surface area contributed by atoms with Gasteiger partial charge in [0.15, 0.2) is 0 Å². The van der Waals surface area contributed by atoms with Crippen molar-refractivity contribution in [3.63, 3.8) is 0 Å². The minimum absolute atomic E-state index is 0.462. The van der Waals surface area contributed by atoms with E-state index in [0.29, 0.717) is 11.3 Å². The maximum atomic E-state index is 8.63. The zero-order valence-corrected chi connectivity index (χ0v) is 7.61. The summed E-state index contributed by atoms with van der Waals surface area (Å²) >= 11 is 0. The Morgan fingerprint density at radius 2 is 2.23 bits per heavy atom. The van der Waals surface area contributed by atoms with Crippen molar-refractivity contribution in [3.8, 4) is 6.07 Å². The van der Waals surface area contributed by atoms with Gasteiger partial charge in [-0.3, -0.25) is 9.90 Å². The molecule has 0 fully saturated rings. The second kappa shape index (κ2) is 3.78. The Labute approximate surface area is 77.1 Å². The first-order chi connectivity index (χ1) is 6.19. The Bertz CT molecular complexity index is 343. The van der Waals surface area contributed by atoms with E-state index in [9.17, 15) is 0 Å². The summed E-state index contributed by atoms with van der Waals surface area (Å²) in [7, 11) is 3.33. The van der Waals surface area contributed by atoms with Crippen LogP contribution in [0.15, 0.2) is 18.2 Å². The van der Waals surface area contributed by atoms with Gasteiger partial charge < -0.3 is 5.73 Å². The van der Waals surface area contributed by atoms with Crippen LogP contribution in [0.5, 0.6) is 0 Å². The predicted octanol–water partition coefficient (Wildman–Crippen LogP) is 1.14. The number of nitriles is 1. The van der Waals surface area contributed by atoms with Gasteiger partial charge in [-0.05, 0) is 18.2 Å². The van der Waals surface area contributed by atoms with E-state index in [0.717, 1.165) is 5.69 Å². The number of anilines is 2. The standard InChI is InChI=1S/C9H11N3O/c1-12(13-2)8-4-3-7(6-10)9(11)5-8/h3-5H,11H2,1-2H3. The van der Waals surface area contributed by atoms with Crippen LogP contribution < -0.4 is 10.8 Å². The van der Waals surface area contributed by atoms with Gasteiger partial charge in [0.2, 0.25) is 0 Å². The van der Waals surface area contributed by atoms with Gasteiger partial charge in [-0.25, -0.2) is 0 Å². The van der Waals surface area contributed by atoms with Crippen LogP contribution in [0.4, 0.5) is 11.4 Å². The smallest absolute Gasteiger partial charge is 0.101 e. The fourth-order valence-electron chi connectivity index (χ4n) is 0.953. The highest BCUT2D eigenvalue weighted by atomic mass is 16.7. The molecule has 0 aliphatic heterocycles. The van der Waals surface area contributed by atoms with Gasteiger partial charge in [-0.2, -0.15) is 5.26 Å². The molecule has 0 aromatic heterocycles. The fourth-order valence-corrected chi connectivity index (χ4v) is 0.953. The molecule has 4 heteroatoms. The lowest BCUT2D eigenvalue weighted by Gasteiger charge is -2.16. The molecule has 1 aromatic carbocycles. The van der Waals surface area contributed by atoms with Crippen molar-refractivity contribution in [2.24, 2.45) is 0 Å². The number of nitrogen functional groups attached to an aromatic ring is 1. The summed E-state index contributed by atoms with van der Waals surface area (Å²) in [5.41, 5.74) is 7.38. The lowest BCUT2D eigenvalue weighted by atomic mass is 10.2. The Morgan fingerprint density at radius 1 is 1.54 bits per heavy atom. The quantitative estimate of drug-likeness (QED) is 0.543. The highest BCUT2D eigenvalue weighted by Gasteiger charge is 2.02. The number of hydroxylamine groups is 1. The first-order valence-corrected chi connectivity index (χ1v) is 3.76. The summed E-state index contributed by atoms with van der Waals surface area (Å²) in [6.45, 7) is 0. The summed E-state index contributed by atoms with van der Waals surface area (Å²) in [5, 5.41) is 10.2. The molecular weight excluding hydrogens is 166 g/mol. The molecule has 13 heavy (non-hydrogen) atoms. The molecule has 0 amide bonds. The van der Waals surface area contributed by atoms with Crippen LogP contribution in [0.25, 0.3) is 0 Å². The minimum Gasteiger partial charge on any atom is -0.398 e. The van der Waals surface area contributed by atoms with Crippen molar-refractivity contribution >= 4 is 11.4 Å². The third-order valence-electron chi connectivity index (χ3n) is 1.79. The third-order valence-corrected chi connectivity index (χ3v) is 1.79. The molecular formula is C9H11N3O. The van der Waals surface area contributed by atoms with E-state index < -0.39 is 0 Å². The molecule has 2 N–H and O–H groups in total. The lowest BCUT2D eigenvalue weighted by Crippen LogP contribution is -2.14. The Balaban J connectivity index is 3.04. The number of hydrogen-bond acceptors (Lipinski definition) is 4. The number of rotatable bonds is 2. The predicted molar refractivity (Wildman–Crippen MR) is 51.0 cm³/mol. The van der Waals surface area contributed by atoms with Crippen LogP contribution >= 0.6 is 0 Å². The van der Waals surface area contributed by atoms with Crippen LogP contribution in [0, 0.1) is 11.3 Å². The van der Waals surface area contributed by atoms with Crippen LogP contribution in [0.2, 0.25) is 0 Å². The number of nitrogens with zero attached hydrogens (tertiary/aromatic N) is 2. The normalized spacial score (nSPS) is 9.31. The van der Waals surface area contributed by atoms with Gasteiger partial charge in [0.25, 0.3) is 0 Å². The maximum absolute atomic E-state index is 8.63. The van der Waals surface area contributed by atoms with Gasteiger partial charge in [0, 0.05) is 7.05 Å². The molecule has 0 radical (unpaired) electrons. The minimum atomic E-state index is 0.462. The second-order valence-corrected chi connectivity index (χ2v) is 2.56. The first-order valence-electron chi connectivity index (χ1n) is 3.76. The zero-order chi connectivity index (χ0) is 9.84. The van der Waals surface area contributed by atoms with Crippen molar-refractivity contribution in [3.05, 3.63) is 23.8 Å². The van der Waals surface area contributed by atoms with Crippen LogP contribution in [-0.4, -0.2) is 14.2 Å². The van der Waals surface area contributed by atoms with Crippen molar-refractivity contribution in [1.82, 2.24) is 0 Å². The lowest BCUT2D eigenvalue weighted by molar-refractivity contribution is 0.185. The number of nitrogens with two attached hydrogens (primary N) is 1. The van der Waals surface area contributed by atoms with Crippen molar-refractivity contribution in [1.29, 1.82) is 5.26 Å². The maximum Gasteiger partial charge on any atom is 0.101 e. The van der Waals surface area contributed by atoms with Crippen LogP contribution in [0.3, 0.4) is 0 Å². The summed E-state index contributed by atoms with van der Waals surface area (Å²) in [6.07, 6.45) is 0. The molecule has 1 rings (SSSR count). The molecule has 0 saturated carbocycles. The highest BCUT2D eigenvalue weighted by Crippen LogP contribution is 2.19. The average Bonchev–Trinajstić information content (AvgIpc) is 2.16. The number of hydrogen-bond donors (Lipinski definition) is 1. The van der Waals surface area contributed by atoms with E-state index in [1.165, 1.54) is 0 Å². The first kappa shape index (κ1) is 9.36. The van der Waals surface area contributed by atoms with E-state index in [1.54, 1.807) is 37.4 Å². The Kier molecular flexibility index (Phi) is 2.72. The topological polar surface area (TPSA) is 62.3 Å². The number of benzene rings is 1. The largest absolute Gasteiger partial charge is 0.398 e. The molecule has 0 atom stereocenters. The van der Waals surface area contributed by atoms with Crippen LogP contribution in [-0.2, 0) is 4.84 Å². The highest BCUT2D eigenvalue weighted by molar-refractivity contribution is 5.62. The van der Waals surface area contributed by atoms with Crippen LogP contribution in [0.1, 0.15) is 5.56 Å². The molecule has 4 nitrogen and oxygen atoms in total. The Morgan fingerprint density at radius 3 is 2.69 bits per heavy atom. The fraction of sp³-hybridized carbons (Fsp3) is 0.222. The van der Waals surface area contributed by atoms with Gasteiger partial charge >= 0.3 is 0 Å². The van der Waals surface area contributed by atoms with Gasteiger partial charge in [0.05, 0.1) is 24.0 Å². The molecule has 0 aliphatic carbocycles. The molecule has 0 spiro atoms. The van der Waals surface area contributed by atoms with Gasteiger partial charge in [0.1, 0.15) is 6.07 Å². The van der Waals surface area contributed by atoms with E-state index >= 15 is 0 Å². The molecule has 68 valence electrons. The second-order valence-electron chi connectivity index (χ2n) is 2.56. The summed E-state index contributed by atoms with van der Waals surface area (Å²) in [5.74, 6) is 0. The van der Waals surface area contributed by atoms with E-state index in [2.05, 4.69) is 0 Å². The molecule has 0 unspecified atom stereocenters. The SMILES string of the molecule is CON(C)c1ccc(C#N)c(N)c1. The molecule has 0 aliphatic rings. The molecule has 0 saturated heterocycles. The summed E-state index contributed by atoms with van der Waals surface area (Å²) in [4.78, 5) is 4.96. The zero-order valence-electron chi connectivity index (χ0n) is 7.61. The average molecular weight is 177 g/mol. The van der Waals surface area contributed by atoms with Crippen molar-refractivity contribution in [2.75, 3.05) is 25.0 Å². The van der Waals surface area contributed by atoms with E-state index in [-0.39, 0.29) is 0 Å². The molecule has 1 aromatic rings. The van der Waals surface area contributed by atoms with Gasteiger partial charge in [-0.1, -0.05) is 0 Å². The summed E-state index contributed by atoms with van der Waals surface area (Å²) in [6, 6.07) is 7.13. The van der Waals surface area contributed by atoms with E-state index in [1.807, 2.05) is 6.07 Å². The summed E-state index contributed by atoms with van der Waals surface area (Å²) < 4.78 is 0. The Hall–Kier alpha value is -1.73. The molecule has 0 bridgehead atoms.